The molecule has 0 bridgehead atoms. The zero-order chi connectivity index (χ0) is 22.5. The van der Waals surface area contributed by atoms with Crippen LogP contribution in [0.4, 0.5) is 9.18 Å². The smallest absolute Gasteiger partial charge is 0.410 e. The third-order valence-corrected chi connectivity index (χ3v) is 10.8. The maximum atomic E-state index is 14.0. The zero-order valence-corrected chi connectivity index (χ0v) is 20.5. The highest BCUT2D eigenvalue weighted by molar-refractivity contribution is 6.75. The van der Waals surface area contributed by atoms with E-state index in [2.05, 4.69) is 33.9 Å². The molecule has 0 aromatic heterocycles. The minimum Gasteiger partial charge on any atom is -0.485 e. The van der Waals surface area contributed by atoms with Crippen LogP contribution in [0, 0.1) is 5.82 Å². The average Bonchev–Trinajstić information content (AvgIpc) is 3.02. The van der Waals surface area contributed by atoms with E-state index in [1.54, 1.807) is 11.0 Å². The van der Waals surface area contributed by atoms with Gasteiger partial charge in [-0.15, -0.1) is 0 Å². The Kier molecular flexibility index (Phi) is 6.02. The number of fused-ring (bicyclic) bond motifs is 1. The van der Waals surface area contributed by atoms with E-state index in [0.717, 1.165) is 18.4 Å². The molecule has 2 fully saturated rings. The Morgan fingerprint density at radius 3 is 2.60 bits per heavy atom. The van der Waals surface area contributed by atoms with Crippen molar-refractivity contribution in [3.63, 3.8) is 0 Å². The van der Waals surface area contributed by atoms with Crippen molar-refractivity contribution in [3.8, 4) is 5.75 Å². The minimum absolute atomic E-state index is 0.137. The van der Waals surface area contributed by atoms with E-state index in [9.17, 15) is 9.18 Å². The van der Waals surface area contributed by atoms with E-state index in [0.29, 0.717) is 12.3 Å². The Morgan fingerprint density at radius 1 is 1.33 bits per heavy atom. The van der Waals surface area contributed by atoms with Crippen LogP contribution in [0.2, 0.25) is 18.1 Å². The van der Waals surface area contributed by atoms with Gasteiger partial charge in [-0.1, -0.05) is 33.3 Å². The van der Waals surface area contributed by atoms with Gasteiger partial charge in [-0.2, -0.15) is 0 Å². The highest BCUT2D eigenvalue weighted by atomic mass is 28.4. The molecule has 0 spiro atoms. The van der Waals surface area contributed by atoms with Gasteiger partial charge in [0.1, 0.15) is 29.4 Å². The zero-order valence-electron chi connectivity index (χ0n) is 19.5. The first-order valence-electron chi connectivity index (χ1n) is 10.9. The van der Waals surface area contributed by atoms with Crippen molar-refractivity contribution in [2.24, 2.45) is 0 Å². The second-order valence-electron chi connectivity index (χ2n) is 10.6. The van der Waals surface area contributed by atoms with Crippen LogP contribution in [0.5, 0.6) is 5.75 Å². The summed E-state index contributed by atoms with van der Waals surface area (Å²) in [4.78, 5) is 14.9. The predicted octanol–water partition coefficient (Wildman–Crippen LogP) is 5.53. The molecule has 2 aliphatic heterocycles. The number of carbonyl (C=O) groups is 1. The van der Waals surface area contributed by atoms with Crippen molar-refractivity contribution < 1.29 is 23.1 Å². The lowest BCUT2D eigenvalue weighted by Gasteiger charge is -2.39. The lowest BCUT2D eigenvalue weighted by atomic mass is 9.97. The Hall–Kier alpha value is -1.60. The van der Waals surface area contributed by atoms with E-state index in [1.165, 1.54) is 12.1 Å². The molecule has 5 nitrogen and oxygen atoms in total. The van der Waals surface area contributed by atoms with Gasteiger partial charge in [-0.05, 0) is 51.9 Å². The van der Waals surface area contributed by atoms with Gasteiger partial charge in [0.25, 0.3) is 0 Å². The van der Waals surface area contributed by atoms with Crippen molar-refractivity contribution in [3.05, 3.63) is 29.6 Å². The van der Waals surface area contributed by atoms with Crippen molar-refractivity contribution in [1.82, 2.24) is 4.90 Å². The molecule has 1 aromatic carbocycles. The largest absolute Gasteiger partial charge is 0.485 e. The Labute approximate surface area is 181 Å². The highest BCUT2D eigenvalue weighted by Crippen LogP contribution is 2.55. The summed E-state index contributed by atoms with van der Waals surface area (Å²) in [5, 5.41) is -0.180. The fraction of sp³-hybridized carbons (Fsp3) is 0.696. The number of benzene rings is 1. The maximum absolute atomic E-state index is 14.0. The summed E-state index contributed by atoms with van der Waals surface area (Å²) in [5.74, 6) is 0.213. The monoisotopic (exact) mass is 437 g/mol. The van der Waals surface area contributed by atoms with E-state index in [4.69, 9.17) is 13.9 Å². The van der Waals surface area contributed by atoms with Gasteiger partial charge in [0.2, 0.25) is 0 Å². The van der Waals surface area contributed by atoms with E-state index >= 15 is 0 Å². The first-order valence-corrected chi connectivity index (χ1v) is 13.8. The van der Waals surface area contributed by atoms with Crippen LogP contribution in [0.15, 0.2) is 18.2 Å². The molecule has 168 valence electrons. The number of carbonyl (C=O) groups excluding carboxylic acids is 1. The Bertz CT molecular complexity index is 805. The average molecular weight is 438 g/mol. The van der Waals surface area contributed by atoms with Crippen LogP contribution in [-0.2, 0) is 15.6 Å². The molecule has 2 saturated heterocycles. The number of rotatable bonds is 4. The number of aryl methyl sites for hydroxylation is 1. The summed E-state index contributed by atoms with van der Waals surface area (Å²) < 4.78 is 32.6. The summed E-state index contributed by atoms with van der Waals surface area (Å²) >= 11 is 0. The van der Waals surface area contributed by atoms with Gasteiger partial charge in [0.05, 0.1) is 12.6 Å². The maximum Gasteiger partial charge on any atom is 0.410 e. The Morgan fingerprint density at radius 2 is 2.00 bits per heavy atom. The van der Waals surface area contributed by atoms with Gasteiger partial charge in [0, 0.05) is 11.1 Å². The number of likely N-dealkylation sites (tertiary alicyclic amines) is 1. The molecular formula is C23H36FNO4Si. The summed E-state index contributed by atoms with van der Waals surface area (Å²) in [7, 11) is -2.11. The molecule has 0 N–H and O–H groups in total. The van der Waals surface area contributed by atoms with Crippen LogP contribution in [0.25, 0.3) is 0 Å². The summed E-state index contributed by atoms with van der Waals surface area (Å²) in [5.41, 5.74) is 0.388. The molecule has 2 aliphatic rings. The first kappa shape index (κ1) is 23.1. The topological polar surface area (TPSA) is 48.0 Å². The molecule has 7 heteroatoms. The normalized spacial score (nSPS) is 27.1. The predicted molar refractivity (Wildman–Crippen MR) is 118 cm³/mol. The molecule has 1 amide bonds. The number of halogens is 1. The Balaban J connectivity index is 1.94. The SMILES string of the molecule is CCCc1ccc(F)cc1OC1CN(C(=O)OC(C)(C)C)C2C1O[Si](C)(C)C2(C)C. The van der Waals surface area contributed by atoms with Gasteiger partial charge < -0.3 is 13.9 Å². The molecule has 1 aromatic rings. The second-order valence-corrected chi connectivity index (χ2v) is 15.1. The van der Waals surface area contributed by atoms with E-state index in [-0.39, 0.29) is 35.2 Å². The lowest BCUT2D eigenvalue weighted by molar-refractivity contribution is 0.0174. The quantitative estimate of drug-likeness (QED) is 0.581. The van der Waals surface area contributed by atoms with E-state index < -0.39 is 13.9 Å². The van der Waals surface area contributed by atoms with Crippen molar-refractivity contribution >= 4 is 14.4 Å². The van der Waals surface area contributed by atoms with Gasteiger partial charge >= 0.3 is 6.09 Å². The van der Waals surface area contributed by atoms with Crippen LogP contribution in [0.3, 0.4) is 0 Å². The molecule has 3 rings (SSSR count). The number of amides is 1. The summed E-state index contributed by atoms with van der Waals surface area (Å²) in [6.45, 7) is 16.8. The molecule has 30 heavy (non-hydrogen) atoms. The number of ether oxygens (including phenoxy) is 2. The number of hydrogen-bond donors (Lipinski definition) is 0. The lowest BCUT2D eigenvalue weighted by Crippen LogP contribution is -2.49. The van der Waals surface area contributed by atoms with Crippen LogP contribution in [0.1, 0.15) is 53.5 Å². The van der Waals surface area contributed by atoms with Crippen LogP contribution >= 0.6 is 0 Å². The molecule has 0 saturated carbocycles. The molecule has 3 unspecified atom stereocenters. The third-order valence-electron chi connectivity index (χ3n) is 6.57. The molecular weight excluding hydrogens is 401 g/mol. The second kappa shape index (κ2) is 7.82. The molecule has 3 atom stereocenters. The van der Waals surface area contributed by atoms with Gasteiger partial charge in [-0.25, -0.2) is 9.18 Å². The molecule has 2 heterocycles. The highest BCUT2D eigenvalue weighted by Gasteiger charge is 2.65. The van der Waals surface area contributed by atoms with Crippen molar-refractivity contribution in [2.75, 3.05) is 6.54 Å². The van der Waals surface area contributed by atoms with Crippen molar-refractivity contribution in [2.45, 2.75) is 96.4 Å². The third kappa shape index (κ3) is 4.24. The molecule has 0 aliphatic carbocycles. The molecule has 0 radical (unpaired) electrons. The summed E-state index contributed by atoms with van der Waals surface area (Å²) in [6.07, 6.45) is 0.769. The standard InChI is InChI=1S/C23H36FNO4Si/c1-9-10-15-11-12-16(24)13-17(15)27-18-14-25(21(26)28-22(2,3)4)20-19(18)29-30(7,8)23(20,5)6/h11-13,18-20H,9-10,14H2,1-8H3. The van der Waals surface area contributed by atoms with Crippen molar-refractivity contribution in [1.29, 1.82) is 0 Å². The fourth-order valence-electron chi connectivity index (χ4n) is 4.47. The van der Waals surface area contributed by atoms with Gasteiger partial charge in [-0.3, -0.25) is 4.90 Å². The number of nitrogens with zero attached hydrogens (tertiary/aromatic N) is 1. The first-order chi connectivity index (χ1) is 13.8. The summed E-state index contributed by atoms with van der Waals surface area (Å²) in [6, 6.07) is 4.55. The fourth-order valence-corrected chi connectivity index (χ4v) is 6.77. The van der Waals surface area contributed by atoms with Crippen LogP contribution < -0.4 is 4.74 Å². The number of hydrogen-bond acceptors (Lipinski definition) is 4. The van der Waals surface area contributed by atoms with Gasteiger partial charge in [0.15, 0.2) is 8.32 Å². The van der Waals surface area contributed by atoms with E-state index in [1.807, 2.05) is 20.8 Å². The minimum atomic E-state index is -2.11. The van der Waals surface area contributed by atoms with Crippen LogP contribution in [-0.4, -0.2) is 49.7 Å².